The zero-order valence-corrected chi connectivity index (χ0v) is 13.4. The summed E-state index contributed by atoms with van der Waals surface area (Å²) in [6.45, 7) is 2.70. The highest BCUT2D eigenvalue weighted by Gasteiger charge is 2.29. The van der Waals surface area contributed by atoms with Gasteiger partial charge in [-0.15, -0.1) is 0 Å². The minimum atomic E-state index is -0.596. The molecule has 116 valence electrons. The summed E-state index contributed by atoms with van der Waals surface area (Å²) in [5.74, 6) is -1.05. The number of anilines is 1. The lowest BCUT2D eigenvalue weighted by atomic mass is 10.00. The maximum absolute atomic E-state index is 12.3. The molecule has 0 spiro atoms. The van der Waals surface area contributed by atoms with E-state index in [1.807, 2.05) is 12.3 Å². The number of thiocyanates is 1. The molecule has 0 saturated carbocycles. The van der Waals surface area contributed by atoms with Crippen molar-refractivity contribution in [2.24, 2.45) is 0 Å². The number of piperidine rings is 1. The molecule has 2 rings (SSSR count). The van der Waals surface area contributed by atoms with Gasteiger partial charge in [0.2, 0.25) is 0 Å². The molecule has 22 heavy (non-hydrogen) atoms. The molecule has 0 aromatic heterocycles. The highest BCUT2D eigenvalue weighted by Crippen LogP contribution is 2.21. The Labute approximate surface area is 134 Å². The normalized spacial score (nSPS) is 17.6. The summed E-state index contributed by atoms with van der Waals surface area (Å²) in [4.78, 5) is 26.9. The summed E-state index contributed by atoms with van der Waals surface area (Å²) in [5, 5.41) is 13.2. The van der Waals surface area contributed by atoms with Crippen LogP contribution in [0.5, 0.6) is 0 Å². The minimum Gasteiger partial charge on any atom is -0.331 e. The van der Waals surface area contributed by atoms with E-state index in [4.69, 9.17) is 5.26 Å². The molecule has 1 unspecified atom stereocenters. The molecular weight excluding hydrogens is 298 g/mol. The number of benzene rings is 1. The predicted molar refractivity (Wildman–Crippen MR) is 86.2 cm³/mol. The number of nitrogens with one attached hydrogen (secondary N) is 1. The Kier molecular flexibility index (Phi) is 5.84. The van der Waals surface area contributed by atoms with Gasteiger partial charge in [-0.05, 0) is 61.7 Å². The Hall–Kier alpha value is -2.00. The van der Waals surface area contributed by atoms with E-state index in [1.54, 1.807) is 29.2 Å². The Balaban J connectivity index is 1.98. The van der Waals surface area contributed by atoms with Crippen LogP contribution >= 0.6 is 11.8 Å². The number of hydrogen-bond acceptors (Lipinski definition) is 4. The molecule has 1 aromatic carbocycles. The number of amides is 2. The number of likely N-dealkylation sites (tertiary alicyclic amines) is 1. The number of nitriles is 1. The molecule has 1 fully saturated rings. The molecular formula is C16H19N3O2S. The van der Waals surface area contributed by atoms with Gasteiger partial charge in [-0.2, -0.15) is 5.26 Å². The lowest BCUT2D eigenvalue weighted by molar-refractivity contribution is -0.145. The molecule has 6 heteroatoms. The zero-order chi connectivity index (χ0) is 15.9. The van der Waals surface area contributed by atoms with Crippen molar-refractivity contribution in [1.29, 1.82) is 5.26 Å². The molecule has 1 aromatic rings. The largest absolute Gasteiger partial charge is 0.331 e. The summed E-state index contributed by atoms with van der Waals surface area (Å²) < 4.78 is 0. The molecule has 5 nitrogen and oxygen atoms in total. The molecule has 1 aliphatic rings. The van der Waals surface area contributed by atoms with Gasteiger partial charge in [-0.3, -0.25) is 9.59 Å². The van der Waals surface area contributed by atoms with Gasteiger partial charge < -0.3 is 10.2 Å². The fourth-order valence-corrected chi connectivity index (χ4v) is 3.04. The quantitative estimate of drug-likeness (QED) is 0.528. The Morgan fingerprint density at radius 3 is 2.73 bits per heavy atom. The SMILES string of the molecule is CCC1CCCCN1C(=O)C(=O)Nc1ccc(SC#N)cc1. The van der Waals surface area contributed by atoms with Crippen LogP contribution in [-0.4, -0.2) is 29.3 Å². The number of nitrogens with zero attached hydrogens (tertiary/aromatic N) is 2. The summed E-state index contributed by atoms with van der Waals surface area (Å²) in [5.41, 5.74) is 0.561. The van der Waals surface area contributed by atoms with Crippen molar-refractivity contribution in [2.45, 2.75) is 43.5 Å². The standard InChI is InChI=1S/C16H19N3O2S/c1-2-13-5-3-4-10-19(13)16(21)15(20)18-12-6-8-14(9-7-12)22-11-17/h6-9,13H,2-5,10H2,1H3,(H,18,20). The molecule has 1 saturated heterocycles. The third-order valence-electron chi connectivity index (χ3n) is 3.83. The second-order valence-electron chi connectivity index (χ2n) is 5.23. The number of rotatable bonds is 3. The van der Waals surface area contributed by atoms with E-state index in [0.717, 1.165) is 42.3 Å². The van der Waals surface area contributed by atoms with Crippen LogP contribution in [0.1, 0.15) is 32.6 Å². The monoisotopic (exact) mass is 317 g/mol. The molecule has 2 amide bonds. The van der Waals surface area contributed by atoms with E-state index in [1.165, 1.54) is 0 Å². The first-order valence-corrected chi connectivity index (χ1v) is 8.25. The van der Waals surface area contributed by atoms with Gasteiger partial charge in [-0.25, -0.2) is 0 Å². The molecule has 1 atom stereocenters. The van der Waals surface area contributed by atoms with Crippen molar-refractivity contribution < 1.29 is 9.59 Å². The van der Waals surface area contributed by atoms with Crippen LogP contribution in [0.15, 0.2) is 29.2 Å². The van der Waals surface area contributed by atoms with E-state index in [0.29, 0.717) is 12.2 Å². The highest BCUT2D eigenvalue weighted by atomic mass is 32.2. The first kappa shape index (κ1) is 16.4. The molecule has 0 radical (unpaired) electrons. The summed E-state index contributed by atoms with van der Waals surface area (Å²) in [6.07, 6.45) is 3.91. The lowest BCUT2D eigenvalue weighted by Gasteiger charge is -2.34. The number of carbonyl (C=O) groups excluding carboxylic acids is 2. The third kappa shape index (κ3) is 4.01. The Morgan fingerprint density at radius 1 is 1.36 bits per heavy atom. The maximum atomic E-state index is 12.3. The molecule has 0 bridgehead atoms. The second-order valence-corrected chi connectivity index (χ2v) is 6.09. The predicted octanol–water partition coefficient (Wildman–Crippen LogP) is 2.99. The Bertz CT molecular complexity index is 580. The first-order chi connectivity index (χ1) is 10.7. The van der Waals surface area contributed by atoms with Gasteiger partial charge in [0, 0.05) is 23.2 Å². The van der Waals surface area contributed by atoms with Gasteiger partial charge in [-0.1, -0.05) is 6.92 Å². The van der Waals surface area contributed by atoms with Gasteiger partial charge in [0.25, 0.3) is 0 Å². The summed E-state index contributed by atoms with van der Waals surface area (Å²) >= 11 is 1.05. The van der Waals surface area contributed by atoms with Crippen molar-refractivity contribution in [3.63, 3.8) is 0 Å². The van der Waals surface area contributed by atoms with Gasteiger partial charge in [0.05, 0.1) is 0 Å². The van der Waals surface area contributed by atoms with Crippen LogP contribution in [0.2, 0.25) is 0 Å². The van der Waals surface area contributed by atoms with E-state index < -0.39 is 11.8 Å². The topological polar surface area (TPSA) is 73.2 Å². The van der Waals surface area contributed by atoms with Gasteiger partial charge in [0.15, 0.2) is 0 Å². The average Bonchev–Trinajstić information content (AvgIpc) is 2.56. The van der Waals surface area contributed by atoms with Crippen LogP contribution in [0.4, 0.5) is 5.69 Å². The van der Waals surface area contributed by atoms with Gasteiger partial charge >= 0.3 is 11.8 Å². The molecule has 1 N–H and O–H groups in total. The van der Waals surface area contributed by atoms with Crippen molar-refractivity contribution in [1.82, 2.24) is 4.90 Å². The second kappa shape index (κ2) is 7.85. The highest BCUT2D eigenvalue weighted by molar-refractivity contribution is 8.03. The first-order valence-electron chi connectivity index (χ1n) is 7.43. The fourth-order valence-electron chi connectivity index (χ4n) is 2.67. The van der Waals surface area contributed by atoms with Crippen LogP contribution in [-0.2, 0) is 9.59 Å². The van der Waals surface area contributed by atoms with E-state index in [9.17, 15) is 9.59 Å². The van der Waals surface area contributed by atoms with E-state index in [-0.39, 0.29) is 6.04 Å². The number of carbonyl (C=O) groups is 2. The molecule has 1 aliphatic heterocycles. The van der Waals surface area contributed by atoms with Crippen molar-refractivity contribution in [3.05, 3.63) is 24.3 Å². The third-order valence-corrected chi connectivity index (χ3v) is 4.43. The van der Waals surface area contributed by atoms with Gasteiger partial charge in [0.1, 0.15) is 5.40 Å². The average molecular weight is 317 g/mol. The fraction of sp³-hybridized carbons (Fsp3) is 0.438. The smallest absolute Gasteiger partial charge is 0.313 e. The number of thioether (sulfide) groups is 1. The summed E-state index contributed by atoms with van der Waals surface area (Å²) in [7, 11) is 0. The molecule has 0 aliphatic carbocycles. The van der Waals surface area contributed by atoms with E-state index in [2.05, 4.69) is 5.32 Å². The Morgan fingerprint density at radius 2 is 2.09 bits per heavy atom. The van der Waals surface area contributed by atoms with E-state index >= 15 is 0 Å². The number of hydrogen-bond donors (Lipinski definition) is 1. The van der Waals surface area contributed by atoms with Crippen molar-refractivity contribution in [3.8, 4) is 5.40 Å². The minimum absolute atomic E-state index is 0.168. The maximum Gasteiger partial charge on any atom is 0.313 e. The van der Waals surface area contributed by atoms with Crippen molar-refractivity contribution in [2.75, 3.05) is 11.9 Å². The van der Waals surface area contributed by atoms with Crippen LogP contribution in [0.3, 0.4) is 0 Å². The lowest BCUT2D eigenvalue weighted by Crippen LogP contribution is -2.48. The van der Waals surface area contributed by atoms with Crippen LogP contribution < -0.4 is 5.32 Å². The summed E-state index contributed by atoms with van der Waals surface area (Å²) in [6, 6.07) is 7.03. The van der Waals surface area contributed by atoms with Crippen LogP contribution in [0.25, 0.3) is 0 Å². The molecule has 1 heterocycles. The zero-order valence-electron chi connectivity index (χ0n) is 12.5. The van der Waals surface area contributed by atoms with Crippen LogP contribution in [0, 0.1) is 10.7 Å². The van der Waals surface area contributed by atoms with Crippen molar-refractivity contribution >= 4 is 29.3 Å².